The summed E-state index contributed by atoms with van der Waals surface area (Å²) in [5, 5.41) is 3.44. The number of hydrogen-bond acceptors (Lipinski definition) is 4. The lowest BCUT2D eigenvalue weighted by Crippen LogP contribution is -2.60. The Morgan fingerprint density at radius 2 is 2.11 bits per heavy atom. The van der Waals surface area contributed by atoms with Crippen LogP contribution in [-0.4, -0.2) is 49.3 Å². The van der Waals surface area contributed by atoms with E-state index < -0.39 is 0 Å². The number of hydrogen-bond donors (Lipinski definition) is 1. The molecule has 0 aliphatic carbocycles. The molecule has 0 amide bonds. The number of para-hydroxylation sites is 2. The van der Waals surface area contributed by atoms with Crippen LogP contribution < -0.4 is 14.8 Å². The van der Waals surface area contributed by atoms with E-state index in [1.807, 2.05) is 24.3 Å². The molecule has 1 unspecified atom stereocenters. The average molecular weight is 262 g/mol. The first-order valence-corrected chi connectivity index (χ1v) is 6.99. The molecular weight excluding hydrogens is 240 g/mol. The van der Waals surface area contributed by atoms with Crippen LogP contribution in [0.4, 0.5) is 0 Å². The van der Waals surface area contributed by atoms with Crippen molar-refractivity contribution in [2.24, 2.45) is 0 Å². The third kappa shape index (κ3) is 2.69. The average Bonchev–Trinajstić information content (AvgIpc) is 2.41. The minimum atomic E-state index is 0.118. The lowest BCUT2D eigenvalue weighted by atomic mass is 9.99. The Balaban J connectivity index is 1.65. The van der Waals surface area contributed by atoms with Gasteiger partial charge in [-0.2, -0.15) is 0 Å². The second-order valence-electron chi connectivity index (χ2n) is 5.93. The highest BCUT2D eigenvalue weighted by atomic mass is 16.6. The molecule has 2 aliphatic rings. The van der Waals surface area contributed by atoms with Crippen molar-refractivity contribution in [2.75, 3.05) is 32.8 Å². The summed E-state index contributed by atoms with van der Waals surface area (Å²) < 4.78 is 11.8. The maximum atomic E-state index is 6.04. The Hall–Kier alpha value is -1.26. The third-order valence-corrected chi connectivity index (χ3v) is 3.96. The van der Waals surface area contributed by atoms with E-state index in [9.17, 15) is 0 Å². The maximum Gasteiger partial charge on any atom is 0.161 e. The molecule has 2 heterocycles. The largest absolute Gasteiger partial charge is 0.486 e. The van der Waals surface area contributed by atoms with E-state index in [1.54, 1.807) is 0 Å². The van der Waals surface area contributed by atoms with Gasteiger partial charge in [-0.25, -0.2) is 0 Å². The standard InChI is InChI=1S/C15H22N2O2/c1-15(2)11-16-7-8-17(15)9-12-10-18-13-5-3-4-6-14(13)19-12/h3-6,12,16H,7-11H2,1-2H3. The zero-order valence-electron chi connectivity index (χ0n) is 11.7. The fourth-order valence-electron chi connectivity index (χ4n) is 2.76. The van der Waals surface area contributed by atoms with Gasteiger partial charge in [0.1, 0.15) is 12.7 Å². The molecule has 1 saturated heterocycles. The highest BCUT2D eigenvalue weighted by Crippen LogP contribution is 2.31. The molecule has 0 spiro atoms. The van der Waals surface area contributed by atoms with Gasteiger partial charge in [-0.15, -0.1) is 0 Å². The Morgan fingerprint density at radius 1 is 1.32 bits per heavy atom. The summed E-state index contributed by atoms with van der Waals surface area (Å²) in [7, 11) is 0. The van der Waals surface area contributed by atoms with E-state index in [-0.39, 0.29) is 11.6 Å². The Bertz CT molecular complexity index is 448. The van der Waals surface area contributed by atoms with Crippen LogP contribution in [0.5, 0.6) is 11.5 Å². The van der Waals surface area contributed by atoms with E-state index in [0.29, 0.717) is 6.61 Å². The van der Waals surface area contributed by atoms with Crippen LogP contribution in [0, 0.1) is 0 Å². The topological polar surface area (TPSA) is 33.7 Å². The van der Waals surface area contributed by atoms with Crippen LogP contribution >= 0.6 is 0 Å². The molecule has 104 valence electrons. The van der Waals surface area contributed by atoms with Crippen molar-refractivity contribution >= 4 is 0 Å². The summed E-state index contributed by atoms with van der Waals surface area (Å²) >= 11 is 0. The van der Waals surface area contributed by atoms with Gasteiger partial charge in [0.05, 0.1) is 0 Å². The highest BCUT2D eigenvalue weighted by molar-refractivity contribution is 5.40. The SMILES string of the molecule is CC1(C)CNCCN1CC1COc2ccccc2O1. The number of nitrogens with zero attached hydrogens (tertiary/aromatic N) is 1. The van der Waals surface area contributed by atoms with Gasteiger partial charge in [-0.1, -0.05) is 12.1 Å². The van der Waals surface area contributed by atoms with Gasteiger partial charge in [-0.3, -0.25) is 4.90 Å². The summed E-state index contributed by atoms with van der Waals surface area (Å²) in [4.78, 5) is 2.49. The Labute approximate surface area is 114 Å². The first kappa shape index (κ1) is 12.8. The van der Waals surface area contributed by atoms with Crippen molar-refractivity contribution in [2.45, 2.75) is 25.5 Å². The molecular formula is C15H22N2O2. The van der Waals surface area contributed by atoms with Gasteiger partial charge in [0.25, 0.3) is 0 Å². The van der Waals surface area contributed by atoms with Gasteiger partial charge in [0.2, 0.25) is 0 Å². The highest BCUT2D eigenvalue weighted by Gasteiger charge is 2.33. The van der Waals surface area contributed by atoms with Gasteiger partial charge < -0.3 is 14.8 Å². The molecule has 0 aromatic heterocycles. The molecule has 1 atom stereocenters. The molecule has 1 N–H and O–H groups in total. The summed E-state index contributed by atoms with van der Waals surface area (Å²) in [5.74, 6) is 1.73. The van der Waals surface area contributed by atoms with Gasteiger partial charge in [0, 0.05) is 31.7 Å². The lowest BCUT2D eigenvalue weighted by Gasteiger charge is -2.44. The molecule has 1 aromatic rings. The number of ether oxygens (including phenoxy) is 2. The molecule has 4 heteroatoms. The molecule has 1 fully saturated rings. The van der Waals surface area contributed by atoms with Crippen LogP contribution in [0.2, 0.25) is 0 Å². The fraction of sp³-hybridized carbons (Fsp3) is 0.600. The first-order valence-electron chi connectivity index (χ1n) is 6.99. The van der Waals surface area contributed by atoms with Gasteiger partial charge in [-0.05, 0) is 26.0 Å². The number of piperazine rings is 1. The van der Waals surface area contributed by atoms with Crippen LogP contribution in [-0.2, 0) is 0 Å². The predicted octanol–water partition coefficient (Wildman–Crippen LogP) is 1.51. The van der Waals surface area contributed by atoms with Crippen LogP contribution in [0.15, 0.2) is 24.3 Å². The van der Waals surface area contributed by atoms with Crippen molar-refractivity contribution in [3.05, 3.63) is 24.3 Å². The molecule has 0 radical (unpaired) electrons. The number of benzene rings is 1. The van der Waals surface area contributed by atoms with Crippen LogP contribution in [0.3, 0.4) is 0 Å². The molecule has 0 saturated carbocycles. The Morgan fingerprint density at radius 3 is 2.89 bits per heavy atom. The normalized spacial score (nSPS) is 26.1. The predicted molar refractivity (Wildman–Crippen MR) is 74.9 cm³/mol. The van der Waals surface area contributed by atoms with Gasteiger partial charge in [0.15, 0.2) is 11.5 Å². The zero-order chi connectivity index (χ0) is 13.3. The molecule has 0 bridgehead atoms. The summed E-state index contributed by atoms with van der Waals surface area (Å²) in [6, 6.07) is 7.89. The van der Waals surface area contributed by atoms with Crippen LogP contribution in [0.25, 0.3) is 0 Å². The smallest absolute Gasteiger partial charge is 0.161 e. The van der Waals surface area contributed by atoms with E-state index >= 15 is 0 Å². The first-order chi connectivity index (χ1) is 9.15. The van der Waals surface area contributed by atoms with E-state index in [1.165, 1.54) is 0 Å². The number of fused-ring (bicyclic) bond motifs is 1. The summed E-state index contributed by atoms with van der Waals surface area (Å²) in [6.45, 7) is 9.24. The quantitative estimate of drug-likeness (QED) is 0.876. The minimum Gasteiger partial charge on any atom is -0.486 e. The van der Waals surface area contributed by atoms with Crippen molar-refractivity contribution in [1.29, 1.82) is 0 Å². The molecule has 2 aliphatic heterocycles. The van der Waals surface area contributed by atoms with E-state index in [2.05, 4.69) is 24.1 Å². The maximum absolute atomic E-state index is 6.04. The molecule has 19 heavy (non-hydrogen) atoms. The fourth-order valence-corrected chi connectivity index (χ4v) is 2.76. The van der Waals surface area contributed by atoms with Crippen molar-refractivity contribution < 1.29 is 9.47 Å². The summed E-state index contributed by atoms with van der Waals surface area (Å²) in [5.41, 5.74) is 0.179. The second-order valence-corrected chi connectivity index (χ2v) is 5.93. The Kier molecular flexibility index (Phi) is 3.37. The van der Waals surface area contributed by atoms with Crippen molar-refractivity contribution in [1.82, 2.24) is 10.2 Å². The third-order valence-electron chi connectivity index (χ3n) is 3.96. The summed E-state index contributed by atoms with van der Waals surface area (Å²) in [6.07, 6.45) is 0.118. The molecule has 1 aromatic carbocycles. The zero-order valence-corrected chi connectivity index (χ0v) is 11.7. The van der Waals surface area contributed by atoms with Crippen molar-refractivity contribution in [3.63, 3.8) is 0 Å². The van der Waals surface area contributed by atoms with Crippen LogP contribution in [0.1, 0.15) is 13.8 Å². The van der Waals surface area contributed by atoms with E-state index in [0.717, 1.165) is 37.7 Å². The number of rotatable bonds is 2. The minimum absolute atomic E-state index is 0.118. The molecule has 4 nitrogen and oxygen atoms in total. The number of nitrogens with one attached hydrogen (secondary N) is 1. The van der Waals surface area contributed by atoms with E-state index in [4.69, 9.17) is 9.47 Å². The van der Waals surface area contributed by atoms with Crippen molar-refractivity contribution in [3.8, 4) is 11.5 Å². The second kappa shape index (κ2) is 5.02. The molecule has 3 rings (SSSR count). The lowest BCUT2D eigenvalue weighted by molar-refractivity contribution is 0.0128. The van der Waals surface area contributed by atoms with Gasteiger partial charge >= 0.3 is 0 Å². The monoisotopic (exact) mass is 262 g/mol.